The van der Waals surface area contributed by atoms with E-state index in [4.69, 9.17) is 5.11 Å². The van der Waals surface area contributed by atoms with Crippen LogP contribution < -0.4 is 5.32 Å². The van der Waals surface area contributed by atoms with E-state index in [2.05, 4.69) is 22.8 Å². The Balaban J connectivity index is 1.55. The van der Waals surface area contributed by atoms with E-state index < -0.39 is 5.97 Å². The molecule has 0 radical (unpaired) electrons. The molecule has 0 amide bonds. The highest BCUT2D eigenvalue weighted by atomic mass is 32.1. The summed E-state index contributed by atoms with van der Waals surface area (Å²) in [5, 5.41) is 14.1. The third kappa shape index (κ3) is 3.04. The van der Waals surface area contributed by atoms with Gasteiger partial charge in [0.05, 0.1) is 5.92 Å². The van der Waals surface area contributed by atoms with Crippen LogP contribution in [0.15, 0.2) is 17.5 Å². The maximum absolute atomic E-state index is 10.6. The molecule has 1 aliphatic carbocycles. The van der Waals surface area contributed by atoms with Crippen LogP contribution in [0.5, 0.6) is 0 Å². The van der Waals surface area contributed by atoms with Gasteiger partial charge >= 0.3 is 5.97 Å². The summed E-state index contributed by atoms with van der Waals surface area (Å²) >= 11 is 1.77. The highest BCUT2D eigenvalue weighted by molar-refractivity contribution is 7.09. The number of hydrogen-bond acceptors (Lipinski definition) is 3. The first-order chi connectivity index (χ1) is 7.27. The van der Waals surface area contributed by atoms with Crippen molar-refractivity contribution in [2.45, 2.75) is 12.8 Å². The number of thiophene rings is 1. The normalized spacial score (nSPS) is 24.0. The maximum Gasteiger partial charge on any atom is 0.306 e. The summed E-state index contributed by atoms with van der Waals surface area (Å²) in [4.78, 5) is 11.9. The molecule has 0 saturated heterocycles. The first-order valence-electron chi connectivity index (χ1n) is 5.23. The Hall–Kier alpha value is -0.870. The van der Waals surface area contributed by atoms with Crippen molar-refractivity contribution in [2.24, 2.45) is 11.8 Å². The molecule has 3 nitrogen and oxygen atoms in total. The molecule has 0 spiro atoms. The fraction of sp³-hybridized carbons (Fsp3) is 0.545. The predicted molar refractivity (Wildman–Crippen MR) is 60.1 cm³/mol. The Kier molecular flexibility index (Phi) is 3.38. The number of nitrogens with one attached hydrogen (secondary N) is 1. The van der Waals surface area contributed by atoms with Crippen LogP contribution in [0.2, 0.25) is 0 Å². The molecule has 1 aliphatic rings. The van der Waals surface area contributed by atoms with Crippen molar-refractivity contribution in [3.05, 3.63) is 22.4 Å². The van der Waals surface area contributed by atoms with Crippen LogP contribution in [0.3, 0.4) is 0 Å². The Bertz CT molecular complexity index is 323. The summed E-state index contributed by atoms with van der Waals surface area (Å²) < 4.78 is 0. The Morgan fingerprint density at radius 1 is 1.67 bits per heavy atom. The van der Waals surface area contributed by atoms with Crippen LogP contribution in [0.25, 0.3) is 0 Å². The molecule has 1 aromatic rings. The molecule has 2 rings (SSSR count). The van der Waals surface area contributed by atoms with Crippen LogP contribution in [0.4, 0.5) is 0 Å². The van der Waals surface area contributed by atoms with Gasteiger partial charge in [-0.15, -0.1) is 11.3 Å². The molecular formula is C11H15NO2S. The molecule has 15 heavy (non-hydrogen) atoms. The number of aliphatic carboxylic acids is 1. The molecule has 2 N–H and O–H groups in total. The summed E-state index contributed by atoms with van der Waals surface area (Å²) in [5.41, 5.74) is 0. The fourth-order valence-electron chi connectivity index (χ4n) is 1.73. The minimum absolute atomic E-state index is 0.0840. The number of carboxylic acids is 1. The average molecular weight is 225 g/mol. The SMILES string of the molecule is O=C(O)C1CC1CNCCc1cccs1. The van der Waals surface area contributed by atoms with Gasteiger partial charge in [-0.2, -0.15) is 0 Å². The lowest BCUT2D eigenvalue weighted by atomic mass is 10.3. The zero-order valence-corrected chi connectivity index (χ0v) is 9.30. The highest BCUT2D eigenvalue weighted by Gasteiger charge is 2.42. The van der Waals surface area contributed by atoms with Crippen molar-refractivity contribution < 1.29 is 9.90 Å². The molecule has 2 atom stereocenters. The quantitative estimate of drug-likeness (QED) is 0.723. The van der Waals surface area contributed by atoms with Crippen molar-refractivity contribution >= 4 is 17.3 Å². The van der Waals surface area contributed by atoms with Crippen molar-refractivity contribution in [2.75, 3.05) is 13.1 Å². The number of hydrogen-bond donors (Lipinski definition) is 2. The van der Waals surface area contributed by atoms with Crippen molar-refractivity contribution in [1.82, 2.24) is 5.32 Å². The summed E-state index contributed by atoms with van der Waals surface area (Å²) in [5.74, 6) is -0.356. The Morgan fingerprint density at radius 2 is 2.53 bits per heavy atom. The largest absolute Gasteiger partial charge is 0.481 e. The monoisotopic (exact) mass is 225 g/mol. The molecule has 82 valence electrons. The van der Waals surface area contributed by atoms with Crippen LogP contribution in [-0.4, -0.2) is 24.2 Å². The standard InChI is InChI=1S/C11H15NO2S/c13-11(14)10-6-8(10)7-12-4-3-9-2-1-5-15-9/h1-2,5,8,10,12H,3-4,6-7H2,(H,13,14). The minimum atomic E-state index is -0.639. The number of rotatable bonds is 6. The maximum atomic E-state index is 10.6. The molecule has 4 heteroatoms. The second-order valence-electron chi connectivity index (χ2n) is 3.97. The molecule has 1 heterocycles. The summed E-state index contributed by atoms with van der Waals surface area (Å²) in [6, 6.07) is 4.19. The van der Waals surface area contributed by atoms with E-state index in [1.165, 1.54) is 4.88 Å². The van der Waals surface area contributed by atoms with E-state index in [0.717, 1.165) is 25.9 Å². The number of carboxylic acid groups (broad SMARTS) is 1. The zero-order valence-electron chi connectivity index (χ0n) is 8.48. The lowest BCUT2D eigenvalue weighted by Gasteiger charge is -2.01. The van der Waals surface area contributed by atoms with Crippen molar-refractivity contribution in [3.63, 3.8) is 0 Å². The third-order valence-electron chi connectivity index (χ3n) is 2.77. The first kappa shape index (κ1) is 10.6. The third-order valence-corrected chi connectivity index (χ3v) is 3.71. The van der Waals surface area contributed by atoms with Gasteiger partial charge in [0.25, 0.3) is 0 Å². The van der Waals surface area contributed by atoms with E-state index in [1.54, 1.807) is 11.3 Å². The lowest BCUT2D eigenvalue weighted by molar-refractivity contribution is -0.138. The van der Waals surface area contributed by atoms with Gasteiger partial charge < -0.3 is 10.4 Å². The Morgan fingerprint density at radius 3 is 3.13 bits per heavy atom. The number of carbonyl (C=O) groups is 1. The van der Waals surface area contributed by atoms with Crippen LogP contribution in [0, 0.1) is 11.8 Å². The second-order valence-corrected chi connectivity index (χ2v) is 5.01. The smallest absolute Gasteiger partial charge is 0.306 e. The molecule has 1 fully saturated rings. The van der Waals surface area contributed by atoms with E-state index in [-0.39, 0.29) is 5.92 Å². The molecule has 0 aromatic carbocycles. The minimum Gasteiger partial charge on any atom is -0.481 e. The molecule has 0 bridgehead atoms. The summed E-state index contributed by atoms with van der Waals surface area (Å²) in [6.45, 7) is 1.80. The molecule has 1 saturated carbocycles. The first-order valence-corrected chi connectivity index (χ1v) is 6.11. The molecular weight excluding hydrogens is 210 g/mol. The van der Waals surface area contributed by atoms with Gasteiger partial charge in [0.15, 0.2) is 0 Å². The second kappa shape index (κ2) is 4.77. The van der Waals surface area contributed by atoms with Crippen LogP contribution in [0.1, 0.15) is 11.3 Å². The van der Waals surface area contributed by atoms with Gasteiger partial charge in [0.2, 0.25) is 0 Å². The fourth-order valence-corrected chi connectivity index (χ4v) is 2.44. The van der Waals surface area contributed by atoms with Crippen LogP contribution >= 0.6 is 11.3 Å². The van der Waals surface area contributed by atoms with Gasteiger partial charge in [-0.25, -0.2) is 0 Å². The van der Waals surface area contributed by atoms with Crippen molar-refractivity contribution in [1.29, 1.82) is 0 Å². The van der Waals surface area contributed by atoms with Crippen molar-refractivity contribution in [3.8, 4) is 0 Å². The predicted octanol–water partition coefficient (Wildman–Crippen LogP) is 1.60. The van der Waals surface area contributed by atoms with E-state index in [0.29, 0.717) is 5.92 Å². The summed E-state index contributed by atoms with van der Waals surface area (Å²) in [7, 11) is 0. The van der Waals surface area contributed by atoms with Gasteiger partial charge in [-0.1, -0.05) is 6.07 Å². The Labute approximate surface area is 93.1 Å². The highest BCUT2D eigenvalue weighted by Crippen LogP contribution is 2.37. The molecule has 1 aromatic heterocycles. The van der Waals surface area contributed by atoms with E-state index >= 15 is 0 Å². The zero-order chi connectivity index (χ0) is 10.7. The lowest BCUT2D eigenvalue weighted by Crippen LogP contribution is -2.21. The van der Waals surface area contributed by atoms with E-state index in [1.807, 2.05) is 0 Å². The van der Waals surface area contributed by atoms with Gasteiger partial charge in [-0.3, -0.25) is 4.79 Å². The molecule has 0 aliphatic heterocycles. The topological polar surface area (TPSA) is 49.3 Å². The summed E-state index contributed by atoms with van der Waals surface area (Å²) in [6.07, 6.45) is 1.89. The van der Waals surface area contributed by atoms with Gasteiger partial charge in [-0.05, 0) is 43.3 Å². The van der Waals surface area contributed by atoms with Gasteiger partial charge in [0.1, 0.15) is 0 Å². The van der Waals surface area contributed by atoms with Crippen LogP contribution in [-0.2, 0) is 11.2 Å². The molecule has 2 unspecified atom stereocenters. The van der Waals surface area contributed by atoms with Gasteiger partial charge in [0, 0.05) is 4.88 Å². The van der Waals surface area contributed by atoms with E-state index in [9.17, 15) is 4.79 Å². The average Bonchev–Trinajstić information content (AvgIpc) is 2.80.